The van der Waals surface area contributed by atoms with Gasteiger partial charge in [0.15, 0.2) is 5.65 Å². The van der Waals surface area contributed by atoms with Crippen LogP contribution >= 0.6 is 0 Å². The highest BCUT2D eigenvalue weighted by Crippen LogP contribution is 2.34. The van der Waals surface area contributed by atoms with Crippen LogP contribution in [0.4, 0.5) is 4.39 Å². The van der Waals surface area contributed by atoms with Gasteiger partial charge in [0.05, 0.1) is 12.1 Å². The third-order valence-corrected chi connectivity index (χ3v) is 5.41. The number of nitrogens with zero attached hydrogens (tertiary/aromatic N) is 4. The van der Waals surface area contributed by atoms with Crippen molar-refractivity contribution in [2.24, 2.45) is 13.0 Å². The van der Waals surface area contributed by atoms with E-state index in [2.05, 4.69) is 26.4 Å². The summed E-state index contributed by atoms with van der Waals surface area (Å²) < 4.78 is 16.2. The second-order valence-electron chi connectivity index (χ2n) is 7.06. The second kappa shape index (κ2) is 6.56. The molecule has 1 aliphatic rings. The first-order valence-corrected chi connectivity index (χ1v) is 8.86. The molecule has 3 heterocycles. The molecule has 5 heteroatoms. The summed E-state index contributed by atoms with van der Waals surface area (Å²) >= 11 is 0. The summed E-state index contributed by atoms with van der Waals surface area (Å²) in [6.07, 6.45) is 2.76. The van der Waals surface area contributed by atoms with E-state index in [1.165, 1.54) is 0 Å². The third-order valence-electron chi connectivity index (χ3n) is 5.41. The topological polar surface area (TPSA) is 34.0 Å². The summed E-state index contributed by atoms with van der Waals surface area (Å²) in [6.45, 7) is 4.94. The lowest BCUT2D eigenvalue weighted by Crippen LogP contribution is -2.38. The van der Waals surface area contributed by atoms with Gasteiger partial charge in [0.1, 0.15) is 11.6 Å². The third kappa shape index (κ3) is 3.04. The summed E-state index contributed by atoms with van der Waals surface area (Å²) in [4.78, 5) is 11.4. The number of piperidine rings is 1. The normalized spacial score (nSPS) is 21.7. The standard InChI is InChI=1S/C20H23FN4/c1-14-12-25(11-9-15(14)16-6-3-4-7-17(16)21)13-19-23-20-18(24(19)2)8-5-10-22-20/h3-8,10,14-15H,9,11-13H2,1-2H3. The minimum absolute atomic E-state index is 0.0748. The van der Waals surface area contributed by atoms with E-state index in [4.69, 9.17) is 0 Å². The largest absolute Gasteiger partial charge is 0.329 e. The minimum Gasteiger partial charge on any atom is -0.329 e. The molecule has 130 valence electrons. The molecule has 4 rings (SSSR count). The number of hydrogen-bond acceptors (Lipinski definition) is 3. The highest BCUT2D eigenvalue weighted by molar-refractivity contribution is 5.71. The Morgan fingerprint density at radius 2 is 2.04 bits per heavy atom. The molecule has 3 aromatic rings. The van der Waals surface area contributed by atoms with Crippen LogP contribution in [0.25, 0.3) is 11.2 Å². The Balaban J connectivity index is 1.49. The van der Waals surface area contributed by atoms with E-state index in [0.29, 0.717) is 11.8 Å². The maximum Gasteiger partial charge on any atom is 0.177 e. The molecule has 0 bridgehead atoms. The van der Waals surface area contributed by atoms with Crippen LogP contribution in [0, 0.1) is 11.7 Å². The van der Waals surface area contributed by atoms with Crippen LogP contribution in [-0.2, 0) is 13.6 Å². The SMILES string of the molecule is CC1CN(Cc2nc3ncccc3n2C)CCC1c1ccccc1F. The zero-order valence-electron chi connectivity index (χ0n) is 14.7. The van der Waals surface area contributed by atoms with E-state index in [1.54, 1.807) is 18.3 Å². The molecule has 2 unspecified atom stereocenters. The maximum absolute atomic E-state index is 14.1. The van der Waals surface area contributed by atoms with Crippen molar-refractivity contribution in [2.75, 3.05) is 13.1 Å². The number of fused-ring (bicyclic) bond motifs is 1. The highest BCUT2D eigenvalue weighted by atomic mass is 19.1. The molecule has 25 heavy (non-hydrogen) atoms. The Morgan fingerprint density at radius 3 is 2.80 bits per heavy atom. The molecule has 1 aromatic carbocycles. The first-order chi connectivity index (χ1) is 12.1. The lowest BCUT2D eigenvalue weighted by Gasteiger charge is -2.37. The van der Waals surface area contributed by atoms with Gasteiger partial charge in [-0.15, -0.1) is 0 Å². The molecule has 4 nitrogen and oxygen atoms in total. The van der Waals surface area contributed by atoms with Gasteiger partial charge in [-0.3, -0.25) is 4.90 Å². The molecule has 0 spiro atoms. The number of halogens is 1. The fraction of sp³-hybridized carbons (Fsp3) is 0.400. The number of benzene rings is 1. The van der Waals surface area contributed by atoms with Crippen LogP contribution in [0.1, 0.15) is 30.7 Å². The average molecular weight is 338 g/mol. The number of aryl methyl sites for hydroxylation is 1. The van der Waals surface area contributed by atoms with Gasteiger partial charge >= 0.3 is 0 Å². The molecule has 2 aromatic heterocycles. The van der Waals surface area contributed by atoms with E-state index in [1.807, 2.05) is 31.3 Å². The van der Waals surface area contributed by atoms with Gasteiger partial charge in [0.25, 0.3) is 0 Å². The summed E-state index contributed by atoms with van der Waals surface area (Å²) in [5, 5.41) is 0. The zero-order valence-corrected chi connectivity index (χ0v) is 14.7. The van der Waals surface area contributed by atoms with Crippen LogP contribution < -0.4 is 0 Å². The summed E-state index contributed by atoms with van der Waals surface area (Å²) in [7, 11) is 2.04. The van der Waals surface area contributed by atoms with Crippen molar-refractivity contribution < 1.29 is 4.39 Å². The second-order valence-corrected chi connectivity index (χ2v) is 7.06. The van der Waals surface area contributed by atoms with Gasteiger partial charge in [-0.05, 0) is 48.6 Å². The molecule has 0 amide bonds. The van der Waals surface area contributed by atoms with Crippen LogP contribution in [-0.4, -0.2) is 32.5 Å². The lowest BCUT2D eigenvalue weighted by molar-refractivity contribution is 0.150. The van der Waals surface area contributed by atoms with Crippen molar-refractivity contribution >= 4 is 11.2 Å². The van der Waals surface area contributed by atoms with E-state index in [9.17, 15) is 4.39 Å². The van der Waals surface area contributed by atoms with E-state index < -0.39 is 0 Å². The number of likely N-dealkylation sites (tertiary alicyclic amines) is 1. The molecule has 0 aliphatic carbocycles. The zero-order chi connectivity index (χ0) is 17.4. The monoisotopic (exact) mass is 338 g/mol. The average Bonchev–Trinajstić information content (AvgIpc) is 2.92. The van der Waals surface area contributed by atoms with Gasteiger partial charge in [0.2, 0.25) is 0 Å². The molecule has 1 aliphatic heterocycles. The molecule has 0 N–H and O–H groups in total. The Morgan fingerprint density at radius 1 is 1.20 bits per heavy atom. The molecular weight excluding hydrogens is 315 g/mol. The van der Waals surface area contributed by atoms with Crippen molar-refractivity contribution in [3.8, 4) is 0 Å². The van der Waals surface area contributed by atoms with Crippen molar-refractivity contribution in [3.05, 3.63) is 59.8 Å². The molecule has 0 saturated carbocycles. The van der Waals surface area contributed by atoms with Crippen LogP contribution in [0.15, 0.2) is 42.6 Å². The summed E-state index contributed by atoms with van der Waals surface area (Å²) in [5.74, 6) is 1.66. The van der Waals surface area contributed by atoms with E-state index in [0.717, 1.165) is 48.6 Å². The number of pyridine rings is 1. The molecule has 1 fully saturated rings. The molecular formula is C20H23FN4. The Hall–Kier alpha value is -2.27. The molecule has 0 radical (unpaired) electrons. The fourth-order valence-corrected chi connectivity index (χ4v) is 4.03. The van der Waals surface area contributed by atoms with Crippen LogP contribution in [0.5, 0.6) is 0 Å². The van der Waals surface area contributed by atoms with E-state index in [-0.39, 0.29) is 5.82 Å². The van der Waals surface area contributed by atoms with Crippen molar-refractivity contribution in [2.45, 2.75) is 25.8 Å². The smallest absolute Gasteiger partial charge is 0.177 e. The highest BCUT2D eigenvalue weighted by Gasteiger charge is 2.29. The maximum atomic E-state index is 14.1. The number of hydrogen-bond donors (Lipinski definition) is 0. The van der Waals surface area contributed by atoms with Gasteiger partial charge in [-0.2, -0.15) is 0 Å². The Labute approximate surface area is 147 Å². The molecule has 1 saturated heterocycles. The van der Waals surface area contributed by atoms with E-state index >= 15 is 0 Å². The number of rotatable bonds is 3. The predicted octanol–water partition coefficient (Wildman–Crippen LogP) is 3.73. The fourth-order valence-electron chi connectivity index (χ4n) is 4.03. The Bertz CT molecular complexity index is 888. The van der Waals surface area contributed by atoms with Crippen molar-refractivity contribution in [3.63, 3.8) is 0 Å². The molecule has 2 atom stereocenters. The first-order valence-electron chi connectivity index (χ1n) is 8.86. The van der Waals surface area contributed by atoms with Gasteiger partial charge in [-0.25, -0.2) is 14.4 Å². The number of imidazole rings is 1. The van der Waals surface area contributed by atoms with Crippen molar-refractivity contribution in [1.82, 2.24) is 19.4 Å². The number of aromatic nitrogens is 3. The predicted molar refractivity (Wildman–Crippen MR) is 96.7 cm³/mol. The van der Waals surface area contributed by atoms with Gasteiger partial charge in [-0.1, -0.05) is 25.1 Å². The van der Waals surface area contributed by atoms with Crippen LogP contribution in [0.3, 0.4) is 0 Å². The summed E-state index contributed by atoms with van der Waals surface area (Å²) in [6, 6.07) is 11.2. The van der Waals surface area contributed by atoms with Crippen LogP contribution in [0.2, 0.25) is 0 Å². The van der Waals surface area contributed by atoms with Gasteiger partial charge in [0, 0.05) is 19.8 Å². The van der Waals surface area contributed by atoms with Gasteiger partial charge < -0.3 is 4.57 Å². The minimum atomic E-state index is -0.0748. The first kappa shape index (κ1) is 16.2. The Kier molecular flexibility index (Phi) is 4.25. The van der Waals surface area contributed by atoms with Crippen molar-refractivity contribution in [1.29, 1.82) is 0 Å². The summed E-state index contributed by atoms with van der Waals surface area (Å²) in [5.41, 5.74) is 2.72. The quantitative estimate of drug-likeness (QED) is 0.730. The lowest BCUT2D eigenvalue weighted by atomic mass is 9.81.